The van der Waals surface area contributed by atoms with Gasteiger partial charge >= 0.3 is 0 Å². The van der Waals surface area contributed by atoms with Crippen LogP contribution in [0.3, 0.4) is 0 Å². The van der Waals surface area contributed by atoms with Gasteiger partial charge in [-0.2, -0.15) is 0 Å². The number of carbonyl (C=O) groups is 1. The quantitative estimate of drug-likeness (QED) is 0.619. The van der Waals surface area contributed by atoms with E-state index in [4.69, 9.17) is 0 Å². The van der Waals surface area contributed by atoms with Crippen LogP contribution in [0.4, 0.5) is 0 Å². The van der Waals surface area contributed by atoms with E-state index in [1.165, 1.54) is 37.5 Å². The average molecular weight is 249 g/mol. The van der Waals surface area contributed by atoms with E-state index in [2.05, 4.69) is 0 Å². The van der Waals surface area contributed by atoms with E-state index in [-0.39, 0.29) is 17.3 Å². The van der Waals surface area contributed by atoms with Crippen molar-refractivity contribution in [2.75, 3.05) is 20.1 Å². The van der Waals surface area contributed by atoms with Crippen molar-refractivity contribution in [3.63, 3.8) is 0 Å². The van der Waals surface area contributed by atoms with Crippen molar-refractivity contribution in [1.29, 1.82) is 0 Å². The molecule has 0 aliphatic heterocycles. The van der Waals surface area contributed by atoms with E-state index in [1.54, 1.807) is 0 Å². The average Bonchev–Trinajstić information content (AvgIpc) is 2.27. The van der Waals surface area contributed by atoms with Crippen molar-refractivity contribution in [2.24, 2.45) is 5.92 Å². The Balaban J connectivity index is 1.91. The summed E-state index contributed by atoms with van der Waals surface area (Å²) in [7, 11) is 1.94. The van der Waals surface area contributed by atoms with Crippen LogP contribution in [0.15, 0.2) is 18.2 Å². The first kappa shape index (κ1) is 12.9. The number of phenolic OH excluding ortho intramolecular Hbond substituents is 2. The summed E-state index contributed by atoms with van der Waals surface area (Å²) in [5.41, 5.74) is 0.436. The lowest BCUT2D eigenvalue weighted by atomic mass is 9.85. The number of aromatic hydroxyl groups is 2. The van der Waals surface area contributed by atoms with E-state index < -0.39 is 0 Å². The largest absolute Gasteiger partial charge is 0.504 e. The second kappa shape index (κ2) is 5.40. The number of phenols is 2. The molecule has 0 amide bonds. The normalized spacial score (nSPS) is 15.7. The maximum absolute atomic E-state index is 12.0. The van der Waals surface area contributed by atoms with Gasteiger partial charge in [-0.05, 0) is 44.0 Å². The first-order chi connectivity index (χ1) is 8.56. The number of nitrogens with zero attached hydrogens (tertiary/aromatic N) is 1. The zero-order valence-electron chi connectivity index (χ0n) is 10.6. The van der Waals surface area contributed by atoms with Gasteiger partial charge in [-0.3, -0.25) is 9.69 Å². The molecule has 0 aromatic heterocycles. The summed E-state index contributed by atoms with van der Waals surface area (Å²) in [5, 5.41) is 18.6. The fourth-order valence-electron chi connectivity index (χ4n) is 2.21. The lowest BCUT2D eigenvalue weighted by molar-refractivity contribution is 0.0924. The molecular formula is C14H19NO3. The van der Waals surface area contributed by atoms with Crippen LogP contribution < -0.4 is 0 Å². The van der Waals surface area contributed by atoms with Gasteiger partial charge in [-0.25, -0.2) is 0 Å². The van der Waals surface area contributed by atoms with E-state index >= 15 is 0 Å². The smallest absolute Gasteiger partial charge is 0.176 e. The Labute approximate surface area is 107 Å². The molecule has 1 aliphatic carbocycles. The van der Waals surface area contributed by atoms with Gasteiger partial charge in [0.05, 0.1) is 6.54 Å². The third kappa shape index (κ3) is 3.01. The maximum atomic E-state index is 12.0. The molecule has 98 valence electrons. The van der Waals surface area contributed by atoms with E-state index in [9.17, 15) is 15.0 Å². The molecule has 1 fully saturated rings. The van der Waals surface area contributed by atoms with Crippen LogP contribution in [-0.2, 0) is 0 Å². The third-order valence-corrected chi connectivity index (χ3v) is 3.51. The highest BCUT2D eigenvalue weighted by Crippen LogP contribution is 2.27. The van der Waals surface area contributed by atoms with Crippen molar-refractivity contribution in [2.45, 2.75) is 19.3 Å². The Morgan fingerprint density at radius 2 is 2.06 bits per heavy atom. The number of hydrogen-bond donors (Lipinski definition) is 2. The second-order valence-electron chi connectivity index (χ2n) is 5.12. The van der Waals surface area contributed by atoms with Crippen molar-refractivity contribution < 1.29 is 15.0 Å². The van der Waals surface area contributed by atoms with Crippen LogP contribution in [0.5, 0.6) is 11.5 Å². The number of likely N-dealkylation sites (N-methyl/N-ethyl adjacent to an activating group) is 1. The highest BCUT2D eigenvalue weighted by molar-refractivity contribution is 5.98. The number of carbonyl (C=O) groups excluding carboxylic acids is 1. The SMILES string of the molecule is CN(CC(=O)c1ccc(O)c(O)c1)CC1CCC1. The first-order valence-electron chi connectivity index (χ1n) is 6.30. The van der Waals surface area contributed by atoms with Crippen molar-refractivity contribution in [1.82, 2.24) is 4.90 Å². The molecule has 1 aromatic rings. The molecule has 1 aromatic carbocycles. The first-order valence-corrected chi connectivity index (χ1v) is 6.30. The van der Waals surface area contributed by atoms with Crippen LogP contribution in [-0.4, -0.2) is 41.0 Å². The number of Topliss-reactive ketones (excluding diaryl/α,β-unsaturated/α-hetero) is 1. The molecule has 0 unspecified atom stereocenters. The molecule has 0 bridgehead atoms. The van der Waals surface area contributed by atoms with Crippen molar-refractivity contribution in [3.8, 4) is 11.5 Å². The second-order valence-corrected chi connectivity index (χ2v) is 5.12. The standard InChI is InChI=1S/C14H19NO3/c1-15(8-10-3-2-4-10)9-14(18)11-5-6-12(16)13(17)7-11/h5-7,10,16-17H,2-4,8-9H2,1H3. The number of hydrogen-bond acceptors (Lipinski definition) is 4. The Kier molecular flexibility index (Phi) is 3.87. The van der Waals surface area contributed by atoms with Gasteiger partial charge < -0.3 is 10.2 Å². The molecule has 2 rings (SSSR count). The minimum Gasteiger partial charge on any atom is -0.504 e. The van der Waals surface area contributed by atoms with Gasteiger partial charge in [0.15, 0.2) is 17.3 Å². The molecule has 1 aliphatic rings. The summed E-state index contributed by atoms with van der Waals surface area (Å²) in [6.07, 6.45) is 3.83. The fourth-order valence-corrected chi connectivity index (χ4v) is 2.21. The highest BCUT2D eigenvalue weighted by atomic mass is 16.3. The molecule has 18 heavy (non-hydrogen) atoms. The van der Waals surface area contributed by atoms with E-state index in [0.29, 0.717) is 12.1 Å². The Morgan fingerprint density at radius 3 is 2.61 bits per heavy atom. The molecule has 0 heterocycles. The lowest BCUT2D eigenvalue weighted by Gasteiger charge is -2.29. The van der Waals surface area contributed by atoms with Crippen molar-refractivity contribution >= 4 is 5.78 Å². The molecular weight excluding hydrogens is 230 g/mol. The van der Waals surface area contributed by atoms with E-state index in [1.807, 2.05) is 11.9 Å². The molecule has 4 heteroatoms. The summed E-state index contributed by atoms with van der Waals surface area (Å²) in [4.78, 5) is 14.0. The third-order valence-electron chi connectivity index (χ3n) is 3.51. The predicted octanol–water partition coefficient (Wildman–Crippen LogP) is 2.01. The van der Waals surface area contributed by atoms with Crippen molar-refractivity contribution in [3.05, 3.63) is 23.8 Å². The van der Waals surface area contributed by atoms with E-state index in [0.717, 1.165) is 12.5 Å². The minimum absolute atomic E-state index is 0.0351. The van der Waals surface area contributed by atoms with Crippen LogP contribution in [0.1, 0.15) is 29.6 Å². The van der Waals surface area contributed by atoms with Gasteiger partial charge in [0.1, 0.15) is 0 Å². The molecule has 0 saturated heterocycles. The zero-order valence-corrected chi connectivity index (χ0v) is 10.6. The minimum atomic E-state index is -0.248. The monoisotopic (exact) mass is 249 g/mol. The molecule has 0 radical (unpaired) electrons. The summed E-state index contributed by atoms with van der Waals surface area (Å²) in [5.74, 6) is 0.250. The van der Waals surface area contributed by atoms with Gasteiger partial charge in [-0.1, -0.05) is 6.42 Å². The summed E-state index contributed by atoms with van der Waals surface area (Å²) in [6, 6.07) is 4.19. The molecule has 0 spiro atoms. The summed E-state index contributed by atoms with van der Waals surface area (Å²) >= 11 is 0. The topological polar surface area (TPSA) is 60.8 Å². The summed E-state index contributed by atoms with van der Waals surface area (Å²) in [6.45, 7) is 1.30. The molecule has 0 atom stereocenters. The van der Waals surface area contributed by atoms with Gasteiger partial charge in [0.25, 0.3) is 0 Å². The Bertz CT molecular complexity index is 441. The molecule has 2 N–H and O–H groups in total. The summed E-state index contributed by atoms with van der Waals surface area (Å²) < 4.78 is 0. The van der Waals surface area contributed by atoms with Crippen LogP contribution in [0.25, 0.3) is 0 Å². The van der Waals surface area contributed by atoms with Crippen LogP contribution in [0, 0.1) is 5.92 Å². The molecule has 4 nitrogen and oxygen atoms in total. The van der Waals surface area contributed by atoms with Gasteiger partial charge in [0, 0.05) is 12.1 Å². The lowest BCUT2D eigenvalue weighted by Crippen LogP contribution is -2.33. The number of ketones is 1. The Hall–Kier alpha value is -1.55. The number of benzene rings is 1. The highest BCUT2D eigenvalue weighted by Gasteiger charge is 2.20. The van der Waals surface area contributed by atoms with Gasteiger partial charge in [-0.15, -0.1) is 0 Å². The number of rotatable bonds is 5. The maximum Gasteiger partial charge on any atom is 0.176 e. The van der Waals surface area contributed by atoms with Crippen LogP contribution in [0.2, 0.25) is 0 Å². The fraction of sp³-hybridized carbons (Fsp3) is 0.500. The predicted molar refractivity (Wildman–Crippen MR) is 68.9 cm³/mol. The van der Waals surface area contributed by atoms with Crippen LogP contribution >= 0.6 is 0 Å². The Morgan fingerprint density at radius 1 is 1.33 bits per heavy atom. The van der Waals surface area contributed by atoms with Gasteiger partial charge in [0.2, 0.25) is 0 Å². The zero-order chi connectivity index (χ0) is 13.1. The molecule has 1 saturated carbocycles.